The Bertz CT molecular complexity index is 1450. The maximum atomic E-state index is 13.3. The molecule has 2 heterocycles. The van der Waals surface area contributed by atoms with Crippen LogP contribution in [0, 0.1) is 21.4 Å². The minimum absolute atomic E-state index is 0.0743. The summed E-state index contributed by atoms with van der Waals surface area (Å²) in [7, 11) is -4.62. The van der Waals surface area contributed by atoms with Gasteiger partial charge in [0, 0.05) is 25.7 Å². The zero-order chi connectivity index (χ0) is 28.3. The number of anilines is 1. The molecule has 2 aromatic rings. The van der Waals surface area contributed by atoms with Crippen molar-refractivity contribution in [3.8, 4) is 0 Å². The van der Waals surface area contributed by atoms with Gasteiger partial charge in [-0.1, -0.05) is 24.3 Å². The molecule has 5 N–H and O–H groups in total. The Morgan fingerprint density at radius 3 is 2.59 bits per heavy atom. The number of nitro groups is 1. The number of nitrogens with zero attached hydrogens (tertiary/aromatic N) is 3. The number of Topliss-reactive ketones (excluding diaryl/α,β-unsaturated/α-hetero) is 1. The van der Waals surface area contributed by atoms with Gasteiger partial charge in [0.05, 0.1) is 22.7 Å². The van der Waals surface area contributed by atoms with Gasteiger partial charge in [0.25, 0.3) is 17.4 Å². The maximum Gasteiger partial charge on any atom is 0.299 e. The summed E-state index contributed by atoms with van der Waals surface area (Å²) in [6, 6.07) is 9.19. The van der Waals surface area contributed by atoms with E-state index >= 15 is 0 Å². The number of guanidine groups is 1. The van der Waals surface area contributed by atoms with Crippen molar-refractivity contribution < 1.29 is 27.7 Å². The highest BCUT2D eigenvalue weighted by Crippen LogP contribution is 2.29. The van der Waals surface area contributed by atoms with Crippen LogP contribution in [0.5, 0.6) is 0 Å². The highest BCUT2D eigenvalue weighted by molar-refractivity contribution is 7.89. The fraction of sp³-hybridized carbons (Fsp3) is 0.333. The van der Waals surface area contributed by atoms with Crippen LogP contribution in [0.4, 0.5) is 11.4 Å². The van der Waals surface area contributed by atoms with Crippen LogP contribution in [0.2, 0.25) is 0 Å². The summed E-state index contributed by atoms with van der Waals surface area (Å²) in [5, 5.41) is 21.8. The van der Waals surface area contributed by atoms with Crippen LogP contribution in [0.3, 0.4) is 0 Å². The van der Waals surface area contributed by atoms with Crippen molar-refractivity contribution in [2.75, 3.05) is 31.1 Å². The Balaban J connectivity index is 1.60. The smallest absolute Gasteiger partial charge is 0.299 e. The van der Waals surface area contributed by atoms with Crippen molar-refractivity contribution in [3.63, 3.8) is 0 Å². The van der Waals surface area contributed by atoms with Gasteiger partial charge >= 0.3 is 0 Å². The molecular formula is C24H27N7O7S. The highest BCUT2D eigenvalue weighted by Gasteiger charge is 2.40. The number of nitro benzene ring substituents is 1. The van der Waals surface area contributed by atoms with Crippen molar-refractivity contribution in [3.05, 3.63) is 64.2 Å². The van der Waals surface area contributed by atoms with E-state index in [-0.39, 0.29) is 29.7 Å². The van der Waals surface area contributed by atoms with Crippen LogP contribution in [0.15, 0.2) is 53.4 Å². The number of carbonyl (C=O) groups is 3. The van der Waals surface area contributed by atoms with Crippen LogP contribution >= 0.6 is 0 Å². The summed E-state index contributed by atoms with van der Waals surface area (Å²) in [4.78, 5) is 51.2. The molecule has 39 heavy (non-hydrogen) atoms. The molecule has 2 aliphatic rings. The number of nitrogens with one attached hydrogen (secondary N) is 3. The normalized spacial score (nSPS) is 18.0. The number of para-hydroxylation sites is 2. The second-order valence-electron chi connectivity index (χ2n) is 9.25. The van der Waals surface area contributed by atoms with Gasteiger partial charge in [-0.3, -0.25) is 29.9 Å². The molecule has 1 saturated heterocycles. The largest absolute Gasteiger partial charge is 0.370 e. The molecule has 0 radical (unpaired) electrons. The van der Waals surface area contributed by atoms with Crippen LogP contribution in [0.25, 0.3) is 0 Å². The van der Waals surface area contributed by atoms with Crippen LogP contribution in [-0.2, 0) is 19.6 Å². The van der Waals surface area contributed by atoms with E-state index in [4.69, 9.17) is 11.1 Å². The number of sulfonamides is 1. The number of likely N-dealkylation sites (tertiary alicyclic amines) is 1. The molecule has 0 aromatic heterocycles. The summed E-state index contributed by atoms with van der Waals surface area (Å²) in [5.74, 6) is -2.67. The zero-order valence-corrected chi connectivity index (χ0v) is 21.5. The first-order chi connectivity index (χ1) is 18.5. The number of carbonyl (C=O) groups excluding carboxylic acids is 3. The second-order valence-corrected chi connectivity index (χ2v) is 10.9. The molecule has 0 unspecified atom stereocenters. The van der Waals surface area contributed by atoms with Gasteiger partial charge < -0.3 is 20.9 Å². The topological polar surface area (TPSA) is 209 Å². The summed E-state index contributed by atoms with van der Waals surface area (Å²) in [6.45, 7) is 0.643. The van der Waals surface area contributed by atoms with E-state index in [9.17, 15) is 32.9 Å². The molecular weight excluding hydrogens is 530 g/mol. The summed E-state index contributed by atoms with van der Waals surface area (Å²) >= 11 is 0. The average Bonchev–Trinajstić information content (AvgIpc) is 3.16. The fourth-order valence-electron chi connectivity index (χ4n) is 4.69. The van der Waals surface area contributed by atoms with Crippen molar-refractivity contribution in [2.45, 2.75) is 23.8 Å². The third-order valence-corrected chi connectivity index (χ3v) is 8.15. The van der Waals surface area contributed by atoms with Crippen molar-refractivity contribution >= 4 is 45.0 Å². The molecule has 0 saturated carbocycles. The van der Waals surface area contributed by atoms with Crippen molar-refractivity contribution in [1.82, 2.24) is 14.9 Å². The van der Waals surface area contributed by atoms with Gasteiger partial charge in [0.2, 0.25) is 15.9 Å². The van der Waals surface area contributed by atoms with Gasteiger partial charge in [-0.2, -0.15) is 4.72 Å². The Morgan fingerprint density at radius 1 is 1.18 bits per heavy atom. The molecule has 206 valence electrons. The van der Waals surface area contributed by atoms with E-state index in [2.05, 4.69) is 10.0 Å². The number of fused-ring (bicyclic) bond motifs is 1. The minimum atomic E-state index is -4.62. The summed E-state index contributed by atoms with van der Waals surface area (Å²) in [5.41, 5.74) is 5.23. The first-order valence-corrected chi connectivity index (χ1v) is 13.6. The number of benzene rings is 2. The Labute approximate surface area is 223 Å². The van der Waals surface area contributed by atoms with E-state index in [1.165, 1.54) is 24.3 Å². The standard InChI is InChI=1S/C24H27N7O7S/c25-24(26)29-11-5-6-15(13-29)12-27-22(33)17(14-30-18-8-2-1-7-16(18)21(32)23(30)34)28-39(37,38)20-10-4-3-9-19(20)31(35)36/h1-4,7-10,15,17,28H,5-6,11-14H2,(H3,25,26)(H,27,33)/t15-,17+/m0/s1. The third kappa shape index (κ3) is 5.88. The second kappa shape index (κ2) is 11.2. The van der Waals surface area contributed by atoms with E-state index in [0.29, 0.717) is 13.1 Å². The van der Waals surface area contributed by atoms with Gasteiger partial charge in [0.15, 0.2) is 10.9 Å². The monoisotopic (exact) mass is 557 g/mol. The molecule has 15 heteroatoms. The number of amides is 2. The van der Waals surface area contributed by atoms with Gasteiger partial charge in [0.1, 0.15) is 6.04 Å². The zero-order valence-electron chi connectivity index (χ0n) is 20.7. The number of nitrogens with two attached hydrogens (primary N) is 1. The molecule has 2 amide bonds. The van der Waals surface area contributed by atoms with Crippen LogP contribution in [0.1, 0.15) is 23.2 Å². The molecule has 2 aliphatic heterocycles. The van der Waals surface area contributed by atoms with E-state index in [1.807, 2.05) is 0 Å². The molecule has 0 aliphatic carbocycles. The van der Waals surface area contributed by atoms with Gasteiger partial charge in [-0.15, -0.1) is 0 Å². The van der Waals surface area contributed by atoms with E-state index in [1.54, 1.807) is 17.0 Å². The highest BCUT2D eigenvalue weighted by atomic mass is 32.2. The van der Waals surface area contributed by atoms with Crippen molar-refractivity contribution in [1.29, 1.82) is 5.41 Å². The number of piperidine rings is 1. The fourth-order valence-corrected chi connectivity index (χ4v) is 6.05. The molecule has 4 rings (SSSR count). The lowest BCUT2D eigenvalue weighted by atomic mass is 9.98. The number of rotatable bonds is 9. The molecule has 1 fully saturated rings. The molecule has 0 bridgehead atoms. The quantitative estimate of drug-likeness (QED) is 0.109. The van der Waals surface area contributed by atoms with E-state index in [0.717, 1.165) is 29.9 Å². The van der Waals surface area contributed by atoms with Crippen LogP contribution < -0.4 is 20.7 Å². The third-order valence-electron chi connectivity index (χ3n) is 6.63. The van der Waals surface area contributed by atoms with Gasteiger partial charge in [-0.25, -0.2) is 8.42 Å². The number of hydrogen-bond donors (Lipinski definition) is 4. The maximum absolute atomic E-state index is 13.3. The molecule has 14 nitrogen and oxygen atoms in total. The van der Waals surface area contributed by atoms with Crippen LogP contribution in [-0.4, -0.2) is 74.0 Å². The minimum Gasteiger partial charge on any atom is -0.370 e. The van der Waals surface area contributed by atoms with Gasteiger partial charge in [-0.05, 0) is 37.0 Å². The summed E-state index contributed by atoms with van der Waals surface area (Å²) < 4.78 is 28.7. The SMILES string of the molecule is N=C(N)N1CCC[C@@H](CNC(=O)[C@@H](CN2C(=O)C(=O)c3ccccc32)NS(=O)(=O)c2ccccc2[N+](=O)[O-])C1. The first kappa shape index (κ1) is 27.7. The average molecular weight is 558 g/mol. The Hall–Kier alpha value is -4.37. The Morgan fingerprint density at radius 2 is 1.87 bits per heavy atom. The number of hydrogen-bond acceptors (Lipinski definition) is 8. The van der Waals surface area contributed by atoms with Crippen molar-refractivity contribution in [2.24, 2.45) is 11.7 Å². The lowest BCUT2D eigenvalue weighted by Gasteiger charge is -2.33. The lowest BCUT2D eigenvalue weighted by molar-refractivity contribution is -0.387. The Kier molecular flexibility index (Phi) is 7.92. The lowest BCUT2D eigenvalue weighted by Crippen LogP contribution is -2.54. The number of ketones is 1. The predicted molar refractivity (Wildman–Crippen MR) is 140 cm³/mol. The summed E-state index contributed by atoms with van der Waals surface area (Å²) in [6.07, 6.45) is 1.48. The molecule has 2 atom stereocenters. The van der Waals surface area contributed by atoms with E-state index < -0.39 is 55.7 Å². The predicted octanol–water partition coefficient (Wildman–Crippen LogP) is 0.193. The molecule has 2 aromatic carbocycles. The molecule has 0 spiro atoms. The first-order valence-electron chi connectivity index (χ1n) is 12.1.